The second kappa shape index (κ2) is 4.73. The van der Waals surface area contributed by atoms with E-state index in [-0.39, 0.29) is 12.2 Å². The lowest BCUT2D eigenvalue weighted by atomic mass is 9.89. The van der Waals surface area contributed by atoms with Crippen LogP contribution in [0.25, 0.3) is 0 Å². The standard InChI is InChI=1S/C15H13ClN2O/c1-9-15-13(6-3-7-14(15)19-9)18-12-5-2-4-11(16)10(12)8-17/h2-6,9,14,18H,7H2,1H3/t9?,14-/m0/s1. The highest BCUT2D eigenvalue weighted by Gasteiger charge is 2.36. The Labute approximate surface area is 117 Å². The summed E-state index contributed by atoms with van der Waals surface area (Å²) in [5.41, 5.74) is 3.50. The van der Waals surface area contributed by atoms with Gasteiger partial charge in [0, 0.05) is 11.3 Å². The van der Waals surface area contributed by atoms with E-state index in [0.717, 1.165) is 17.8 Å². The molecule has 1 saturated heterocycles. The predicted molar refractivity (Wildman–Crippen MR) is 74.9 cm³/mol. The number of anilines is 1. The lowest BCUT2D eigenvalue weighted by Gasteiger charge is -2.40. The fraction of sp³-hybridized carbons (Fsp3) is 0.267. The number of nitrogens with one attached hydrogen (secondary N) is 1. The fourth-order valence-corrected chi connectivity index (χ4v) is 2.78. The summed E-state index contributed by atoms with van der Waals surface area (Å²) in [7, 11) is 0. The van der Waals surface area contributed by atoms with E-state index < -0.39 is 0 Å². The summed E-state index contributed by atoms with van der Waals surface area (Å²) < 4.78 is 5.65. The molecule has 1 N–H and O–H groups in total. The van der Waals surface area contributed by atoms with Crippen molar-refractivity contribution in [3.05, 3.63) is 52.2 Å². The van der Waals surface area contributed by atoms with Crippen molar-refractivity contribution >= 4 is 17.3 Å². The summed E-state index contributed by atoms with van der Waals surface area (Å²) >= 11 is 6.03. The predicted octanol–water partition coefficient (Wildman–Crippen LogP) is 3.62. The zero-order valence-corrected chi connectivity index (χ0v) is 11.2. The molecule has 1 heterocycles. The molecule has 1 aromatic rings. The lowest BCUT2D eigenvalue weighted by molar-refractivity contribution is -0.0461. The molecule has 0 saturated carbocycles. The van der Waals surface area contributed by atoms with Crippen LogP contribution in [0.1, 0.15) is 18.9 Å². The molecule has 1 aromatic carbocycles. The molecule has 3 rings (SSSR count). The molecule has 0 bridgehead atoms. The first kappa shape index (κ1) is 12.3. The maximum atomic E-state index is 9.18. The van der Waals surface area contributed by atoms with Crippen LogP contribution in [0.5, 0.6) is 0 Å². The molecule has 1 aliphatic heterocycles. The smallest absolute Gasteiger partial charge is 0.103 e. The average Bonchev–Trinajstić information content (AvgIpc) is 2.37. The van der Waals surface area contributed by atoms with Gasteiger partial charge in [0.25, 0.3) is 0 Å². The number of nitriles is 1. The normalized spacial score (nSPS) is 24.5. The second-order valence-corrected chi connectivity index (χ2v) is 5.08. The van der Waals surface area contributed by atoms with Crippen LogP contribution in [0.3, 0.4) is 0 Å². The van der Waals surface area contributed by atoms with E-state index in [1.807, 2.05) is 25.1 Å². The molecular weight excluding hydrogens is 260 g/mol. The van der Waals surface area contributed by atoms with Gasteiger partial charge in [0.15, 0.2) is 0 Å². The summed E-state index contributed by atoms with van der Waals surface area (Å²) in [6.45, 7) is 2.04. The molecule has 1 aliphatic carbocycles. The molecule has 3 nitrogen and oxygen atoms in total. The van der Waals surface area contributed by atoms with Crippen molar-refractivity contribution in [1.29, 1.82) is 5.26 Å². The van der Waals surface area contributed by atoms with Gasteiger partial charge in [0.2, 0.25) is 0 Å². The van der Waals surface area contributed by atoms with E-state index >= 15 is 0 Å². The molecule has 1 fully saturated rings. The number of rotatable bonds is 2. The van der Waals surface area contributed by atoms with Gasteiger partial charge in [-0.05, 0) is 31.6 Å². The van der Waals surface area contributed by atoms with E-state index in [2.05, 4.69) is 17.5 Å². The summed E-state index contributed by atoms with van der Waals surface area (Å²) in [5, 5.41) is 13.0. The van der Waals surface area contributed by atoms with Gasteiger partial charge < -0.3 is 10.1 Å². The molecule has 0 amide bonds. The zero-order valence-electron chi connectivity index (χ0n) is 10.5. The van der Waals surface area contributed by atoms with Crippen molar-refractivity contribution < 1.29 is 4.74 Å². The fourth-order valence-electron chi connectivity index (χ4n) is 2.56. The molecule has 19 heavy (non-hydrogen) atoms. The maximum absolute atomic E-state index is 9.18. The monoisotopic (exact) mass is 272 g/mol. The van der Waals surface area contributed by atoms with Crippen LogP contribution in [0.2, 0.25) is 5.02 Å². The summed E-state index contributed by atoms with van der Waals surface area (Å²) in [5.74, 6) is 0. The van der Waals surface area contributed by atoms with Crippen LogP contribution < -0.4 is 5.32 Å². The highest BCUT2D eigenvalue weighted by atomic mass is 35.5. The number of allylic oxidation sites excluding steroid dienone is 1. The van der Waals surface area contributed by atoms with E-state index in [0.29, 0.717) is 10.6 Å². The van der Waals surface area contributed by atoms with Gasteiger partial charge in [-0.25, -0.2) is 0 Å². The zero-order chi connectivity index (χ0) is 13.4. The topological polar surface area (TPSA) is 45.0 Å². The Morgan fingerprint density at radius 1 is 1.47 bits per heavy atom. The van der Waals surface area contributed by atoms with Gasteiger partial charge in [-0.3, -0.25) is 0 Å². The highest BCUT2D eigenvalue weighted by molar-refractivity contribution is 6.32. The third-order valence-corrected chi connectivity index (χ3v) is 3.81. The number of hydrogen-bond donors (Lipinski definition) is 1. The number of benzene rings is 1. The lowest BCUT2D eigenvalue weighted by Crippen LogP contribution is -2.41. The van der Waals surface area contributed by atoms with Crippen LogP contribution >= 0.6 is 11.6 Å². The third kappa shape index (κ3) is 2.03. The Morgan fingerprint density at radius 3 is 3.05 bits per heavy atom. The minimum atomic E-state index is 0.141. The van der Waals surface area contributed by atoms with Crippen molar-refractivity contribution in [2.75, 3.05) is 5.32 Å². The van der Waals surface area contributed by atoms with E-state index in [1.54, 1.807) is 6.07 Å². The largest absolute Gasteiger partial charge is 0.366 e. The number of nitrogens with zero attached hydrogens (tertiary/aromatic N) is 1. The first-order chi connectivity index (χ1) is 9.20. The number of ether oxygens (including phenoxy) is 1. The first-order valence-corrected chi connectivity index (χ1v) is 6.60. The van der Waals surface area contributed by atoms with Crippen LogP contribution in [-0.4, -0.2) is 12.2 Å². The van der Waals surface area contributed by atoms with Crippen LogP contribution in [0.15, 0.2) is 41.6 Å². The number of fused-ring (bicyclic) bond motifs is 1. The van der Waals surface area contributed by atoms with Crippen LogP contribution in [0, 0.1) is 11.3 Å². The van der Waals surface area contributed by atoms with Gasteiger partial charge in [-0.2, -0.15) is 5.26 Å². The average molecular weight is 273 g/mol. The SMILES string of the molecule is CC1O[C@H]2CC=CC(Nc3cccc(Cl)c3C#N)=C12. The van der Waals surface area contributed by atoms with Gasteiger partial charge in [-0.15, -0.1) is 0 Å². The molecule has 2 aliphatic rings. The summed E-state index contributed by atoms with van der Waals surface area (Å²) in [6, 6.07) is 7.55. The molecular formula is C15H13ClN2O. The van der Waals surface area contributed by atoms with Gasteiger partial charge in [0.1, 0.15) is 6.07 Å². The van der Waals surface area contributed by atoms with Crippen molar-refractivity contribution in [2.45, 2.75) is 25.6 Å². The van der Waals surface area contributed by atoms with E-state index in [1.165, 1.54) is 5.57 Å². The number of halogens is 1. The van der Waals surface area contributed by atoms with E-state index in [4.69, 9.17) is 16.3 Å². The Balaban J connectivity index is 1.96. The highest BCUT2D eigenvalue weighted by Crippen LogP contribution is 2.37. The molecule has 0 radical (unpaired) electrons. The van der Waals surface area contributed by atoms with Crippen LogP contribution in [0.4, 0.5) is 5.69 Å². The van der Waals surface area contributed by atoms with E-state index in [9.17, 15) is 5.26 Å². The minimum Gasteiger partial charge on any atom is -0.366 e. The molecule has 2 atom stereocenters. The molecule has 1 unspecified atom stereocenters. The van der Waals surface area contributed by atoms with Crippen LogP contribution in [-0.2, 0) is 4.74 Å². The Morgan fingerprint density at radius 2 is 2.32 bits per heavy atom. The van der Waals surface area contributed by atoms with Gasteiger partial charge in [-0.1, -0.05) is 23.7 Å². The Hall–Kier alpha value is -1.76. The van der Waals surface area contributed by atoms with Crippen molar-refractivity contribution in [3.63, 3.8) is 0 Å². The minimum absolute atomic E-state index is 0.141. The third-order valence-electron chi connectivity index (χ3n) is 3.49. The first-order valence-electron chi connectivity index (χ1n) is 6.22. The molecule has 0 spiro atoms. The van der Waals surface area contributed by atoms with Gasteiger partial charge in [0.05, 0.1) is 28.5 Å². The van der Waals surface area contributed by atoms with Crippen molar-refractivity contribution in [3.8, 4) is 6.07 Å². The Kier molecular flexibility index (Phi) is 3.06. The molecule has 0 aromatic heterocycles. The maximum Gasteiger partial charge on any atom is 0.103 e. The van der Waals surface area contributed by atoms with Crippen molar-refractivity contribution in [2.24, 2.45) is 0 Å². The molecule has 96 valence electrons. The van der Waals surface area contributed by atoms with Gasteiger partial charge >= 0.3 is 0 Å². The molecule has 4 heteroatoms. The quantitative estimate of drug-likeness (QED) is 0.894. The Bertz CT molecular complexity index is 628. The summed E-state index contributed by atoms with van der Waals surface area (Å²) in [6.07, 6.45) is 5.38. The summed E-state index contributed by atoms with van der Waals surface area (Å²) in [4.78, 5) is 0. The van der Waals surface area contributed by atoms with Crippen molar-refractivity contribution in [1.82, 2.24) is 0 Å². The number of hydrogen-bond acceptors (Lipinski definition) is 3. The second-order valence-electron chi connectivity index (χ2n) is 4.67.